The Morgan fingerprint density at radius 2 is 0.806 bits per heavy atom. The van der Waals surface area contributed by atoms with Crippen molar-refractivity contribution in [3.8, 4) is 0 Å². The summed E-state index contributed by atoms with van der Waals surface area (Å²) >= 11 is 0. The molecule has 10 N–H and O–H groups in total. The summed E-state index contributed by atoms with van der Waals surface area (Å²) in [5.74, 6) is -3.00. The smallest absolute Gasteiger partial charge is 0.247 e. The van der Waals surface area contributed by atoms with Gasteiger partial charge in [0.2, 0.25) is 47.3 Å². The Labute approximate surface area is 547 Å². The van der Waals surface area contributed by atoms with Gasteiger partial charge in [-0.3, -0.25) is 38.4 Å². The number of nitrogens with one attached hydrogen (secondary N) is 10. The molecular weight excluding hydrogens is 1180 g/mol. The zero-order valence-electron chi connectivity index (χ0n) is 54.1. The third-order valence-corrected chi connectivity index (χ3v) is 18.0. The number of nitrogens with zero attached hydrogens (tertiary/aromatic N) is 2. The van der Waals surface area contributed by atoms with Gasteiger partial charge >= 0.3 is 0 Å². The quantitative estimate of drug-likeness (QED) is 0.0289. The van der Waals surface area contributed by atoms with Crippen LogP contribution in [0.5, 0.6) is 0 Å². The summed E-state index contributed by atoms with van der Waals surface area (Å²) in [4.78, 5) is 115. The predicted octanol–water partition coefficient (Wildman–Crippen LogP) is 3.07. The fourth-order valence-electron chi connectivity index (χ4n) is 13.3. The van der Waals surface area contributed by atoms with E-state index in [-0.39, 0.29) is 72.5 Å². The molecule has 23 heteroatoms. The van der Waals surface area contributed by atoms with Crippen molar-refractivity contribution in [1.82, 2.24) is 63.0 Å². The highest BCUT2D eigenvalue weighted by molar-refractivity contribution is 5.97. The van der Waals surface area contributed by atoms with Crippen molar-refractivity contribution in [3.05, 3.63) is 144 Å². The Kier molecular flexibility index (Phi) is 29.5. The Morgan fingerprint density at radius 3 is 1.18 bits per heavy atom. The second-order valence-electron chi connectivity index (χ2n) is 24.5. The summed E-state index contributed by atoms with van der Waals surface area (Å²) in [5.41, 5.74) is 3.51. The number of benzene rings is 4. The van der Waals surface area contributed by atoms with Gasteiger partial charge in [-0.2, -0.15) is 0 Å². The molecule has 93 heavy (non-hydrogen) atoms. The molecule has 0 unspecified atom stereocenters. The molecule has 4 aromatic carbocycles. The maximum atomic E-state index is 14.6. The van der Waals surface area contributed by atoms with Crippen molar-refractivity contribution in [2.45, 2.75) is 138 Å². The normalized spacial score (nSPS) is 21.7. The van der Waals surface area contributed by atoms with E-state index in [1.807, 2.05) is 48.5 Å². The molecule has 8 amide bonds. The van der Waals surface area contributed by atoms with Gasteiger partial charge in [-0.15, -0.1) is 0 Å². The average Bonchev–Trinajstić information content (AvgIpc) is 1.68. The predicted molar refractivity (Wildman–Crippen MR) is 352 cm³/mol. The van der Waals surface area contributed by atoms with E-state index in [2.05, 4.69) is 77.4 Å². The molecule has 504 valence electrons. The van der Waals surface area contributed by atoms with Crippen LogP contribution in [0.1, 0.15) is 111 Å². The molecule has 23 nitrogen and oxygen atoms in total. The molecule has 10 atom stereocenters. The first-order chi connectivity index (χ1) is 45.4. The van der Waals surface area contributed by atoms with E-state index in [9.17, 15) is 38.4 Å². The van der Waals surface area contributed by atoms with Gasteiger partial charge in [-0.05, 0) is 138 Å². The van der Waals surface area contributed by atoms with E-state index in [0.29, 0.717) is 167 Å². The number of likely N-dealkylation sites (N-methyl/N-ethyl adjacent to an activating group) is 2. The number of carbonyl (C=O) groups is 8. The molecule has 0 saturated carbocycles. The Balaban J connectivity index is 0.714. The number of hydrogen-bond donors (Lipinski definition) is 10. The number of ether oxygens (including phenoxy) is 3. The van der Waals surface area contributed by atoms with Crippen LogP contribution in [0.25, 0.3) is 0 Å². The van der Waals surface area contributed by atoms with Crippen molar-refractivity contribution in [2.75, 3.05) is 93.0 Å². The Bertz CT molecular complexity index is 2780. The Hall–Kier alpha value is -7.64. The van der Waals surface area contributed by atoms with Gasteiger partial charge in [-0.25, -0.2) is 0 Å². The maximum Gasteiger partial charge on any atom is 0.247 e. The molecule has 4 heterocycles. The zero-order valence-corrected chi connectivity index (χ0v) is 54.1. The fourth-order valence-corrected chi connectivity index (χ4v) is 13.3. The van der Waals surface area contributed by atoms with Crippen LogP contribution in [0.15, 0.2) is 121 Å². The summed E-state index contributed by atoms with van der Waals surface area (Å²) < 4.78 is 17.3. The SMILES string of the molecule is CNCC(=O)N[C@@H]1C(=O)N2[C@@H](CC[C@@H]1CCNCc1ccccc1)CC[C@H]2C(=O)N[C@H](C(=O)NCCCOCCOCCOCCCNC(=O)[C@@H](NC(=O)[C@@H]1CC[C@@H]2CC[C@H](CCNCc3ccccc3)[C@H](NC(=O)CNC)C(=O)N21)c1ccccc1)c1ccccc1. The van der Waals surface area contributed by atoms with Crippen LogP contribution in [0, 0.1) is 11.8 Å². The van der Waals surface area contributed by atoms with E-state index >= 15 is 0 Å². The van der Waals surface area contributed by atoms with Crippen LogP contribution >= 0.6 is 0 Å². The van der Waals surface area contributed by atoms with Crippen molar-refractivity contribution < 1.29 is 52.6 Å². The van der Waals surface area contributed by atoms with Crippen LogP contribution in [0.4, 0.5) is 0 Å². The first kappa shape index (κ1) is 71.2. The lowest BCUT2D eigenvalue weighted by Crippen LogP contribution is -2.57. The highest BCUT2D eigenvalue weighted by Crippen LogP contribution is 2.37. The average molecular weight is 1280 g/mol. The standard InChI is InChI=1S/C70H98N12O11/c1-71-47-59(83)77-63-53(33-37-73-45-49-17-7-3-8-18-49)25-27-55-29-31-57(81(55)69(63)89)65(85)79-61(51-21-11-5-12-22-51)67(87)75-35-15-39-91-41-43-93-44-42-92-40-16-36-76-68(88)62(52-23-13-6-14-24-52)80-66(86)58-32-30-56-28-26-54(34-38-74-46-50-19-9-4-10-20-50)64(70(90)82(56)58)78-60(84)48-72-2/h3-14,17-24,53-58,61-64,71-74H,15-16,25-48H2,1-2H3,(H,75,87)(H,76,88)(H,77,83)(H,78,84)(H,79,85)(H,80,86)/t53-,54-,55+,56+,57+,58+,61+,62+,63+,64+/m1/s1. The van der Waals surface area contributed by atoms with E-state index in [1.165, 1.54) is 0 Å². The van der Waals surface area contributed by atoms with Crippen molar-refractivity contribution >= 4 is 47.3 Å². The van der Waals surface area contributed by atoms with Crippen LogP contribution < -0.4 is 53.2 Å². The topological polar surface area (TPSA) is 291 Å². The second-order valence-corrected chi connectivity index (χ2v) is 24.5. The molecule has 0 aromatic heterocycles. The number of hydrogen-bond acceptors (Lipinski definition) is 15. The highest BCUT2D eigenvalue weighted by Gasteiger charge is 2.50. The lowest BCUT2D eigenvalue weighted by atomic mass is 9.90. The number of rotatable bonds is 38. The van der Waals surface area contributed by atoms with E-state index < -0.39 is 48.1 Å². The number of amides is 8. The first-order valence-electron chi connectivity index (χ1n) is 33.4. The molecule has 4 aromatic rings. The van der Waals surface area contributed by atoms with Gasteiger partial charge in [0.05, 0.1) is 39.5 Å². The molecule has 0 spiro atoms. The van der Waals surface area contributed by atoms with Crippen molar-refractivity contribution in [2.24, 2.45) is 11.8 Å². The van der Waals surface area contributed by atoms with Gasteiger partial charge in [-0.1, -0.05) is 121 Å². The van der Waals surface area contributed by atoms with Gasteiger partial charge < -0.3 is 77.2 Å². The minimum Gasteiger partial charge on any atom is -0.379 e. The Morgan fingerprint density at radius 1 is 0.452 bits per heavy atom. The summed E-state index contributed by atoms with van der Waals surface area (Å²) in [7, 11) is 3.35. The summed E-state index contributed by atoms with van der Waals surface area (Å²) in [6, 6.07) is 32.6. The molecule has 4 fully saturated rings. The number of fused-ring (bicyclic) bond motifs is 2. The largest absolute Gasteiger partial charge is 0.379 e. The van der Waals surface area contributed by atoms with Gasteiger partial charge in [0.1, 0.15) is 36.3 Å². The van der Waals surface area contributed by atoms with E-state index in [4.69, 9.17) is 14.2 Å². The zero-order chi connectivity index (χ0) is 65.6. The maximum absolute atomic E-state index is 14.6. The van der Waals surface area contributed by atoms with Crippen LogP contribution in [0.3, 0.4) is 0 Å². The first-order valence-corrected chi connectivity index (χ1v) is 33.4. The molecule has 4 saturated heterocycles. The van der Waals surface area contributed by atoms with Crippen LogP contribution in [-0.4, -0.2) is 186 Å². The van der Waals surface area contributed by atoms with Gasteiger partial charge in [0.15, 0.2) is 0 Å². The molecule has 4 aliphatic heterocycles. The van der Waals surface area contributed by atoms with Gasteiger partial charge in [0.25, 0.3) is 0 Å². The molecule has 0 bridgehead atoms. The molecule has 4 aliphatic rings. The summed E-state index contributed by atoms with van der Waals surface area (Å²) in [6.45, 7) is 5.37. The molecule has 0 aliphatic carbocycles. The fraction of sp³-hybridized carbons (Fsp3) is 0.543. The monoisotopic (exact) mass is 1280 g/mol. The highest BCUT2D eigenvalue weighted by atomic mass is 16.5. The molecular formula is C70H98N12O11. The lowest BCUT2D eigenvalue weighted by Gasteiger charge is -2.33. The second kappa shape index (κ2) is 38.5. The van der Waals surface area contributed by atoms with Crippen LogP contribution in [-0.2, 0) is 65.7 Å². The van der Waals surface area contributed by atoms with E-state index in [0.717, 1.165) is 11.1 Å². The van der Waals surface area contributed by atoms with E-state index in [1.54, 1.807) is 72.4 Å². The number of carbonyl (C=O) groups excluding carboxylic acids is 8. The van der Waals surface area contributed by atoms with Crippen LogP contribution in [0.2, 0.25) is 0 Å². The lowest BCUT2D eigenvalue weighted by molar-refractivity contribution is -0.144. The minimum absolute atomic E-state index is 0.0522. The summed E-state index contributed by atoms with van der Waals surface area (Å²) in [5, 5.41) is 30.6. The van der Waals surface area contributed by atoms with Crippen molar-refractivity contribution in [1.29, 1.82) is 0 Å². The molecule has 8 rings (SSSR count). The van der Waals surface area contributed by atoms with Gasteiger partial charge in [0, 0.05) is 51.5 Å². The summed E-state index contributed by atoms with van der Waals surface area (Å²) in [6.07, 6.45) is 7.33. The third kappa shape index (κ3) is 21.7. The third-order valence-electron chi connectivity index (χ3n) is 18.0. The minimum atomic E-state index is -1.01. The van der Waals surface area contributed by atoms with Crippen molar-refractivity contribution in [3.63, 3.8) is 0 Å². The molecule has 0 radical (unpaired) electrons.